The van der Waals surface area contributed by atoms with E-state index in [2.05, 4.69) is 37.1 Å². The lowest BCUT2D eigenvalue weighted by Crippen LogP contribution is -2.46. The quantitative estimate of drug-likeness (QED) is 0.565. The molecular weight excluding hydrogens is 437 g/mol. The minimum absolute atomic E-state index is 0.00942. The number of alkyl halides is 1. The second-order valence-electron chi connectivity index (χ2n) is 9.24. The number of anilines is 4. The molecule has 2 aliphatic rings. The number of nitrogens with one attached hydrogen (secondary N) is 1. The van der Waals surface area contributed by atoms with Crippen LogP contribution in [0.3, 0.4) is 0 Å². The fraction of sp³-hybridized carbons (Fsp3) is 0.500. The molecule has 3 atom stereocenters. The zero-order valence-corrected chi connectivity index (χ0v) is 19.6. The largest absolute Gasteiger partial charge is 0.489 e. The molecule has 180 valence electrons. The Balaban J connectivity index is 1.44. The first-order valence-electron chi connectivity index (χ1n) is 11.8. The summed E-state index contributed by atoms with van der Waals surface area (Å²) in [6.45, 7) is 7.72. The smallest absolute Gasteiger partial charge is 0.227 e. The number of hydrogen-bond acceptors (Lipinski definition) is 9. The first-order valence-corrected chi connectivity index (χ1v) is 11.8. The van der Waals surface area contributed by atoms with Crippen molar-refractivity contribution in [2.75, 3.05) is 34.8 Å². The summed E-state index contributed by atoms with van der Waals surface area (Å²) in [5.74, 6) is 3.20. The molecule has 9 nitrogen and oxygen atoms in total. The van der Waals surface area contributed by atoms with Crippen LogP contribution in [0.4, 0.5) is 27.8 Å². The van der Waals surface area contributed by atoms with Crippen LogP contribution in [0.2, 0.25) is 0 Å². The van der Waals surface area contributed by atoms with E-state index in [1.807, 2.05) is 26.1 Å². The predicted octanol–water partition coefficient (Wildman–Crippen LogP) is 3.46. The monoisotopic (exact) mass is 467 g/mol. The minimum atomic E-state index is -1.31. The average Bonchev–Trinajstić information content (AvgIpc) is 2.81. The number of hydrogen-bond donors (Lipinski definition) is 2. The lowest BCUT2D eigenvalue weighted by Gasteiger charge is -2.40. The van der Waals surface area contributed by atoms with Crippen LogP contribution in [0, 0.1) is 0 Å². The van der Waals surface area contributed by atoms with Gasteiger partial charge in [0.05, 0.1) is 24.9 Å². The first-order chi connectivity index (χ1) is 16.4. The molecule has 0 unspecified atom stereocenters. The van der Waals surface area contributed by atoms with Gasteiger partial charge in [-0.1, -0.05) is 0 Å². The molecule has 2 N–H and O–H groups in total. The predicted molar refractivity (Wildman–Crippen MR) is 130 cm³/mol. The molecule has 0 spiro atoms. The summed E-state index contributed by atoms with van der Waals surface area (Å²) in [7, 11) is 0. The Kier molecular flexibility index (Phi) is 6.07. The molecule has 0 bridgehead atoms. The number of aliphatic hydroxyl groups excluding tert-OH is 1. The van der Waals surface area contributed by atoms with Gasteiger partial charge < -0.3 is 25.0 Å². The molecular formula is C24H30FN7O2. The summed E-state index contributed by atoms with van der Waals surface area (Å²) in [5, 5.41) is 14.8. The van der Waals surface area contributed by atoms with Crippen LogP contribution in [0.25, 0.3) is 10.8 Å². The lowest BCUT2D eigenvalue weighted by molar-refractivity contribution is 0.0612. The second kappa shape index (κ2) is 9.17. The van der Waals surface area contributed by atoms with Crippen LogP contribution in [0.5, 0.6) is 5.75 Å². The molecule has 2 aliphatic heterocycles. The van der Waals surface area contributed by atoms with E-state index >= 15 is 0 Å². The number of halogens is 1. The van der Waals surface area contributed by atoms with Crippen LogP contribution in [-0.4, -0.2) is 69.1 Å². The third-order valence-electron chi connectivity index (χ3n) is 6.36. The fourth-order valence-corrected chi connectivity index (χ4v) is 4.35. The van der Waals surface area contributed by atoms with Crippen molar-refractivity contribution >= 4 is 34.2 Å². The van der Waals surface area contributed by atoms with Crippen molar-refractivity contribution in [2.45, 2.75) is 58.0 Å². The molecule has 0 saturated carbocycles. The van der Waals surface area contributed by atoms with Gasteiger partial charge in [-0.3, -0.25) is 0 Å². The van der Waals surface area contributed by atoms with E-state index in [1.165, 1.54) is 0 Å². The van der Waals surface area contributed by atoms with Gasteiger partial charge in [0.25, 0.3) is 0 Å². The Hall–Kier alpha value is -3.27. The van der Waals surface area contributed by atoms with Gasteiger partial charge in [-0.2, -0.15) is 4.98 Å². The Morgan fingerprint density at radius 3 is 2.68 bits per heavy atom. The summed E-state index contributed by atoms with van der Waals surface area (Å²) < 4.78 is 20.0. The number of pyridine rings is 2. The maximum Gasteiger partial charge on any atom is 0.227 e. The molecule has 3 aromatic rings. The van der Waals surface area contributed by atoms with E-state index in [0.29, 0.717) is 42.3 Å². The number of piperidine rings is 1. The third-order valence-corrected chi connectivity index (χ3v) is 6.36. The topological polar surface area (TPSA) is 99.5 Å². The molecule has 5 rings (SSSR count). The van der Waals surface area contributed by atoms with Gasteiger partial charge in [-0.25, -0.2) is 19.3 Å². The normalized spacial score (nSPS) is 22.7. The van der Waals surface area contributed by atoms with Crippen molar-refractivity contribution in [3.8, 4) is 5.75 Å². The zero-order chi connectivity index (χ0) is 23.8. The van der Waals surface area contributed by atoms with E-state index in [9.17, 15) is 9.50 Å². The Labute approximate surface area is 198 Å². The van der Waals surface area contributed by atoms with Gasteiger partial charge in [0.2, 0.25) is 5.95 Å². The summed E-state index contributed by atoms with van der Waals surface area (Å²) in [6.07, 6.45) is 4.50. The molecule has 0 radical (unpaired) electrons. The zero-order valence-electron chi connectivity index (χ0n) is 19.6. The van der Waals surface area contributed by atoms with Gasteiger partial charge >= 0.3 is 0 Å². The number of ether oxygens (including phenoxy) is 1. The molecule has 34 heavy (non-hydrogen) atoms. The van der Waals surface area contributed by atoms with Crippen LogP contribution < -0.4 is 19.9 Å². The minimum Gasteiger partial charge on any atom is -0.489 e. The summed E-state index contributed by atoms with van der Waals surface area (Å²) in [4.78, 5) is 22.2. The van der Waals surface area contributed by atoms with Gasteiger partial charge in [0.1, 0.15) is 29.4 Å². The van der Waals surface area contributed by atoms with Crippen LogP contribution in [0.15, 0.2) is 30.7 Å². The van der Waals surface area contributed by atoms with Crippen molar-refractivity contribution in [3.05, 3.63) is 30.7 Å². The van der Waals surface area contributed by atoms with E-state index in [-0.39, 0.29) is 12.6 Å². The molecule has 3 aromatic heterocycles. The van der Waals surface area contributed by atoms with Crippen molar-refractivity contribution in [2.24, 2.45) is 0 Å². The maximum absolute atomic E-state index is 14.0. The number of rotatable bonds is 6. The van der Waals surface area contributed by atoms with E-state index in [4.69, 9.17) is 4.74 Å². The highest BCUT2D eigenvalue weighted by Gasteiger charge is 2.29. The summed E-state index contributed by atoms with van der Waals surface area (Å²) in [5.41, 5.74) is 0. The van der Waals surface area contributed by atoms with Gasteiger partial charge in [0, 0.05) is 42.3 Å². The molecule has 10 heteroatoms. The third kappa shape index (κ3) is 4.42. The van der Waals surface area contributed by atoms with Crippen LogP contribution in [0.1, 0.15) is 33.6 Å². The Morgan fingerprint density at radius 1 is 1.12 bits per heavy atom. The molecule has 2 fully saturated rings. The SMILES string of the molecule is CC(C)Oc1cnc(N2CC[C@H]2C)c2cnc(Nc3ccnc(N4CC[C@@H](O)[C@@H](F)C4)n3)cc12. The number of fused-ring (bicyclic) bond motifs is 1. The summed E-state index contributed by atoms with van der Waals surface area (Å²) in [6, 6.07) is 4.13. The van der Waals surface area contributed by atoms with Gasteiger partial charge in [0.15, 0.2) is 0 Å². The van der Waals surface area contributed by atoms with Crippen molar-refractivity contribution in [1.29, 1.82) is 0 Å². The molecule has 0 aromatic carbocycles. The van der Waals surface area contributed by atoms with Crippen molar-refractivity contribution in [3.63, 3.8) is 0 Å². The van der Waals surface area contributed by atoms with E-state index < -0.39 is 12.3 Å². The molecule has 5 heterocycles. The maximum atomic E-state index is 14.0. The number of aromatic nitrogens is 4. The van der Waals surface area contributed by atoms with E-state index in [1.54, 1.807) is 23.4 Å². The molecule has 2 saturated heterocycles. The van der Waals surface area contributed by atoms with Crippen molar-refractivity contribution < 1.29 is 14.2 Å². The Bertz CT molecular complexity index is 1180. The van der Waals surface area contributed by atoms with Gasteiger partial charge in [-0.05, 0) is 45.7 Å². The standard InChI is InChI=1S/C24H30FN7O2/c1-14(2)34-20-12-28-23(32-9-5-15(32)3)17-11-27-22(10-16(17)20)29-21-4-7-26-24(30-21)31-8-6-19(33)18(25)13-31/h4,7,10-12,14-15,18-19,33H,5-6,8-9,13H2,1-3H3,(H,26,27,29,30)/t15-,18+,19-/m1/s1. The van der Waals surface area contributed by atoms with Crippen molar-refractivity contribution in [1.82, 2.24) is 19.9 Å². The highest BCUT2D eigenvalue weighted by molar-refractivity contribution is 5.97. The average molecular weight is 468 g/mol. The molecule has 0 aliphatic carbocycles. The molecule has 0 amide bonds. The first kappa shape index (κ1) is 22.5. The summed E-state index contributed by atoms with van der Waals surface area (Å²) >= 11 is 0. The number of nitrogens with zero attached hydrogens (tertiary/aromatic N) is 6. The second-order valence-corrected chi connectivity index (χ2v) is 9.24. The lowest BCUT2D eigenvalue weighted by atomic mass is 10.0. The fourth-order valence-electron chi connectivity index (χ4n) is 4.35. The van der Waals surface area contributed by atoms with E-state index in [0.717, 1.165) is 29.6 Å². The van der Waals surface area contributed by atoms with Crippen LogP contribution >= 0.6 is 0 Å². The van der Waals surface area contributed by atoms with Crippen LogP contribution in [-0.2, 0) is 0 Å². The highest BCUT2D eigenvalue weighted by Crippen LogP contribution is 2.36. The highest BCUT2D eigenvalue weighted by atomic mass is 19.1. The number of aliphatic hydroxyl groups is 1. The Morgan fingerprint density at radius 2 is 1.97 bits per heavy atom. The van der Waals surface area contributed by atoms with Gasteiger partial charge in [-0.15, -0.1) is 0 Å².